The molecule has 90 valence electrons. The van der Waals surface area contributed by atoms with E-state index in [0.29, 0.717) is 5.75 Å². The lowest BCUT2D eigenvalue weighted by Crippen LogP contribution is -2.51. The molecule has 6 heteroatoms. The van der Waals surface area contributed by atoms with Crippen molar-refractivity contribution in [1.29, 1.82) is 0 Å². The van der Waals surface area contributed by atoms with E-state index in [9.17, 15) is 4.79 Å². The van der Waals surface area contributed by atoms with Gasteiger partial charge in [0.05, 0.1) is 5.75 Å². The summed E-state index contributed by atoms with van der Waals surface area (Å²) in [6.45, 7) is 7.11. The largest absolute Gasteiger partial charge is 0.339 e. The highest BCUT2D eigenvalue weighted by Crippen LogP contribution is 2.17. The van der Waals surface area contributed by atoms with E-state index in [4.69, 9.17) is 5.84 Å². The first kappa shape index (κ1) is 15.1. The highest BCUT2D eigenvalue weighted by atomic mass is 33.1. The monoisotopic (exact) mass is 251 g/mol. The maximum Gasteiger partial charge on any atom is 0.233 e. The van der Waals surface area contributed by atoms with Crippen LogP contribution in [0.5, 0.6) is 0 Å². The van der Waals surface area contributed by atoms with Crippen LogP contribution in [0.15, 0.2) is 0 Å². The zero-order valence-electron chi connectivity index (χ0n) is 9.73. The lowest BCUT2D eigenvalue weighted by Gasteiger charge is -2.31. The number of hydrogen-bond donors (Lipinski definition) is 1. The maximum absolute atomic E-state index is 11.5. The van der Waals surface area contributed by atoms with Crippen molar-refractivity contribution in [2.24, 2.45) is 5.84 Å². The molecule has 0 unspecified atom stereocenters. The minimum Gasteiger partial charge on any atom is -0.339 e. The van der Waals surface area contributed by atoms with Gasteiger partial charge in [0.15, 0.2) is 0 Å². The summed E-state index contributed by atoms with van der Waals surface area (Å²) in [4.78, 5) is 13.4. The zero-order valence-corrected chi connectivity index (χ0v) is 11.4. The number of hydrazine groups is 1. The minimum absolute atomic E-state index is 0.229. The molecule has 0 atom stereocenters. The Morgan fingerprint density at radius 3 is 2.27 bits per heavy atom. The van der Waals surface area contributed by atoms with Crippen molar-refractivity contribution in [1.82, 2.24) is 9.91 Å². The van der Waals surface area contributed by atoms with Crippen molar-refractivity contribution >= 4 is 27.5 Å². The molecule has 1 saturated heterocycles. The molecule has 1 fully saturated rings. The summed E-state index contributed by atoms with van der Waals surface area (Å²) >= 11 is 0. The first-order valence-electron chi connectivity index (χ1n) is 5.17. The molecule has 0 saturated carbocycles. The molecule has 1 aliphatic rings. The van der Waals surface area contributed by atoms with E-state index in [1.807, 2.05) is 25.0 Å². The number of nitrogens with two attached hydrogens (primary N) is 1. The standard InChI is InChI=1S/C7H15N3OS2.C2H6/c1-12-13-6-7(11)9-2-4-10(8)5-3-9;1-2/h2-6,8H2,1H3;1-2H3. The van der Waals surface area contributed by atoms with Gasteiger partial charge in [0.2, 0.25) is 5.91 Å². The van der Waals surface area contributed by atoms with Crippen LogP contribution in [-0.2, 0) is 4.79 Å². The van der Waals surface area contributed by atoms with Crippen LogP contribution in [0.1, 0.15) is 13.8 Å². The third kappa shape index (κ3) is 6.29. The first-order chi connectivity index (χ1) is 7.24. The highest BCUT2D eigenvalue weighted by molar-refractivity contribution is 8.76. The van der Waals surface area contributed by atoms with Gasteiger partial charge in [-0.1, -0.05) is 35.4 Å². The highest BCUT2D eigenvalue weighted by Gasteiger charge is 2.18. The summed E-state index contributed by atoms with van der Waals surface area (Å²) in [5, 5.41) is 1.76. The summed E-state index contributed by atoms with van der Waals surface area (Å²) in [5.41, 5.74) is 0. The minimum atomic E-state index is 0.229. The Morgan fingerprint density at radius 2 is 1.80 bits per heavy atom. The Labute approximate surface area is 100 Å². The van der Waals surface area contributed by atoms with E-state index in [1.165, 1.54) is 0 Å². The summed E-state index contributed by atoms with van der Waals surface area (Å²) < 4.78 is 0. The summed E-state index contributed by atoms with van der Waals surface area (Å²) in [6.07, 6.45) is 1.98. The van der Waals surface area contributed by atoms with E-state index in [-0.39, 0.29) is 5.91 Å². The van der Waals surface area contributed by atoms with E-state index in [1.54, 1.807) is 26.6 Å². The lowest BCUT2D eigenvalue weighted by molar-refractivity contribution is -0.130. The van der Waals surface area contributed by atoms with Crippen molar-refractivity contribution in [3.63, 3.8) is 0 Å². The van der Waals surface area contributed by atoms with Crippen LogP contribution >= 0.6 is 21.6 Å². The fourth-order valence-corrected chi connectivity index (χ4v) is 2.23. The molecular formula is C9H21N3OS2. The van der Waals surface area contributed by atoms with Crippen LogP contribution in [0.2, 0.25) is 0 Å². The second-order valence-corrected chi connectivity index (χ2v) is 5.41. The summed E-state index contributed by atoms with van der Waals surface area (Å²) in [6, 6.07) is 0. The molecule has 1 heterocycles. The third-order valence-electron chi connectivity index (χ3n) is 1.97. The van der Waals surface area contributed by atoms with Crippen LogP contribution in [0.25, 0.3) is 0 Å². The topological polar surface area (TPSA) is 49.6 Å². The van der Waals surface area contributed by atoms with Crippen LogP contribution < -0.4 is 5.84 Å². The quantitative estimate of drug-likeness (QED) is 0.600. The van der Waals surface area contributed by atoms with E-state index in [2.05, 4.69) is 0 Å². The van der Waals surface area contributed by atoms with Gasteiger partial charge in [-0.25, -0.2) is 5.01 Å². The molecule has 1 rings (SSSR count). The second-order valence-electron chi connectivity index (χ2n) is 2.85. The molecular weight excluding hydrogens is 230 g/mol. The molecule has 0 spiro atoms. The molecule has 0 aromatic carbocycles. The molecule has 0 aliphatic carbocycles. The summed E-state index contributed by atoms with van der Waals surface area (Å²) in [7, 11) is 3.22. The van der Waals surface area contributed by atoms with Crippen molar-refractivity contribution in [3.8, 4) is 0 Å². The lowest BCUT2D eigenvalue weighted by atomic mass is 10.3. The van der Waals surface area contributed by atoms with Gasteiger partial charge in [-0.2, -0.15) is 0 Å². The smallest absolute Gasteiger partial charge is 0.233 e. The fraction of sp³-hybridized carbons (Fsp3) is 0.889. The number of amides is 1. The Bertz CT molecular complexity index is 173. The number of carbonyl (C=O) groups is 1. The predicted molar refractivity (Wildman–Crippen MR) is 69.7 cm³/mol. The molecule has 0 aromatic rings. The molecule has 0 bridgehead atoms. The Balaban J connectivity index is 0.000000921. The van der Waals surface area contributed by atoms with Gasteiger partial charge >= 0.3 is 0 Å². The molecule has 15 heavy (non-hydrogen) atoms. The number of carbonyl (C=O) groups excluding carboxylic acids is 1. The van der Waals surface area contributed by atoms with Gasteiger partial charge in [-0.15, -0.1) is 0 Å². The average Bonchev–Trinajstić information content (AvgIpc) is 2.29. The number of nitrogens with zero attached hydrogens (tertiary/aromatic N) is 2. The summed E-state index contributed by atoms with van der Waals surface area (Å²) in [5.74, 6) is 6.39. The predicted octanol–water partition coefficient (Wildman–Crippen LogP) is 1.04. The maximum atomic E-state index is 11.5. The van der Waals surface area contributed by atoms with Crippen LogP contribution in [-0.4, -0.2) is 54.0 Å². The fourth-order valence-electron chi connectivity index (χ4n) is 1.17. The van der Waals surface area contributed by atoms with Crippen LogP contribution in [0, 0.1) is 0 Å². The van der Waals surface area contributed by atoms with Gasteiger partial charge in [0, 0.05) is 26.2 Å². The Kier molecular flexibility index (Phi) is 9.38. The number of piperazine rings is 1. The zero-order chi connectivity index (χ0) is 11.7. The van der Waals surface area contributed by atoms with E-state index in [0.717, 1.165) is 26.2 Å². The molecule has 1 amide bonds. The molecule has 4 nitrogen and oxygen atoms in total. The second kappa shape index (κ2) is 9.33. The van der Waals surface area contributed by atoms with Gasteiger partial charge in [0.1, 0.15) is 0 Å². The van der Waals surface area contributed by atoms with Crippen molar-refractivity contribution in [3.05, 3.63) is 0 Å². The van der Waals surface area contributed by atoms with E-state index >= 15 is 0 Å². The molecule has 1 aliphatic heterocycles. The Morgan fingerprint density at radius 1 is 1.27 bits per heavy atom. The number of hydrogen-bond acceptors (Lipinski definition) is 5. The van der Waals surface area contributed by atoms with Gasteiger partial charge in [-0.3, -0.25) is 10.6 Å². The Hall–Kier alpha value is 0.0900. The van der Waals surface area contributed by atoms with Gasteiger partial charge in [-0.05, 0) is 6.26 Å². The first-order valence-corrected chi connectivity index (χ1v) is 7.90. The SMILES string of the molecule is CC.CSSCC(=O)N1CCN(N)CC1. The number of rotatable bonds is 3. The van der Waals surface area contributed by atoms with Crippen LogP contribution in [0.4, 0.5) is 0 Å². The molecule has 0 radical (unpaired) electrons. The van der Waals surface area contributed by atoms with Gasteiger partial charge < -0.3 is 4.90 Å². The molecule has 0 aromatic heterocycles. The third-order valence-corrected chi connectivity index (χ3v) is 3.63. The van der Waals surface area contributed by atoms with Crippen molar-refractivity contribution in [2.75, 3.05) is 38.2 Å². The van der Waals surface area contributed by atoms with Crippen LogP contribution in [0.3, 0.4) is 0 Å². The normalized spacial score (nSPS) is 16.9. The average molecular weight is 251 g/mol. The van der Waals surface area contributed by atoms with Gasteiger partial charge in [0.25, 0.3) is 0 Å². The van der Waals surface area contributed by atoms with E-state index < -0.39 is 0 Å². The van der Waals surface area contributed by atoms with Crippen molar-refractivity contribution in [2.45, 2.75) is 13.8 Å². The molecule has 2 N–H and O–H groups in total. The van der Waals surface area contributed by atoms with Crippen molar-refractivity contribution < 1.29 is 4.79 Å².